The quantitative estimate of drug-likeness (QED) is 0.640. The van der Waals surface area contributed by atoms with Crippen molar-refractivity contribution in [3.8, 4) is 6.07 Å². The number of hydrogen-bond acceptors (Lipinski definition) is 6. The Balaban J connectivity index is 2.04. The van der Waals surface area contributed by atoms with Crippen molar-refractivity contribution in [3.05, 3.63) is 11.8 Å². The molecule has 0 unspecified atom stereocenters. The van der Waals surface area contributed by atoms with Crippen LogP contribution in [0.3, 0.4) is 0 Å². The lowest BCUT2D eigenvalue weighted by atomic mass is 9.93. The average Bonchev–Trinajstić information content (AvgIpc) is 2.41. The highest BCUT2D eigenvalue weighted by atomic mass is 32.2. The molecule has 1 heterocycles. The van der Waals surface area contributed by atoms with Crippen LogP contribution < -0.4 is 5.32 Å². The lowest BCUT2D eigenvalue weighted by Crippen LogP contribution is -2.29. The number of nitrogens with zero attached hydrogens (tertiary/aromatic N) is 3. The number of aliphatic hydroxyl groups is 1. The molecule has 1 fully saturated rings. The summed E-state index contributed by atoms with van der Waals surface area (Å²) in [6.07, 6.45) is 6.79. The van der Waals surface area contributed by atoms with Gasteiger partial charge in [0, 0.05) is 6.04 Å². The van der Waals surface area contributed by atoms with Crippen LogP contribution in [-0.2, 0) is 0 Å². The van der Waals surface area contributed by atoms with E-state index in [2.05, 4.69) is 21.4 Å². The van der Waals surface area contributed by atoms with E-state index < -0.39 is 0 Å². The van der Waals surface area contributed by atoms with Gasteiger partial charge in [0.2, 0.25) is 5.95 Å². The molecule has 1 aliphatic rings. The van der Waals surface area contributed by atoms with E-state index in [4.69, 9.17) is 5.26 Å². The van der Waals surface area contributed by atoms with Crippen LogP contribution in [0.15, 0.2) is 11.2 Å². The van der Waals surface area contributed by atoms with E-state index >= 15 is 0 Å². The smallest absolute Gasteiger partial charge is 0.223 e. The molecule has 0 radical (unpaired) electrons. The van der Waals surface area contributed by atoms with Crippen molar-refractivity contribution in [1.29, 1.82) is 5.26 Å². The lowest BCUT2D eigenvalue weighted by Gasteiger charge is -2.26. The fraction of sp³-hybridized carbons (Fsp3) is 0.583. The highest BCUT2D eigenvalue weighted by Gasteiger charge is 2.20. The average molecular weight is 264 g/mol. The first-order chi connectivity index (χ1) is 8.72. The third-order valence-corrected chi connectivity index (χ3v) is 3.80. The minimum atomic E-state index is -0.160. The second kappa shape index (κ2) is 6.03. The number of anilines is 1. The van der Waals surface area contributed by atoms with Crippen molar-refractivity contribution >= 4 is 17.7 Å². The Hall–Kier alpha value is -1.32. The summed E-state index contributed by atoms with van der Waals surface area (Å²) in [5.74, 6) is 0.569. The Morgan fingerprint density at radius 2 is 2.17 bits per heavy atom. The van der Waals surface area contributed by atoms with Gasteiger partial charge in [0.05, 0.1) is 12.3 Å². The first-order valence-electron chi connectivity index (χ1n) is 5.98. The highest BCUT2D eigenvalue weighted by Crippen LogP contribution is 2.22. The normalized spacial score (nSPS) is 23.4. The zero-order chi connectivity index (χ0) is 13.0. The number of nitrogens with one attached hydrogen (secondary N) is 1. The molecule has 0 amide bonds. The summed E-state index contributed by atoms with van der Waals surface area (Å²) in [7, 11) is 0. The number of hydrogen-bond donors (Lipinski definition) is 2. The first kappa shape index (κ1) is 13.1. The standard InChI is InChI=1S/C12H16N4OS/c1-18-11-8(6-13)7-14-12(16-11)15-9-2-4-10(17)5-3-9/h7,9-10,17H,2-5H2,1H3,(H,14,15,16). The third-order valence-electron chi connectivity index (χ3n) is 3.10. The van der Waals surface area contributed by atoms with Gasteiger partial charge in [-0.05, 0) is 31.9 Å². The number of nitriles is 1. The van der Waals surface area contributed by atoms with Crippen LogP contribution in [0.1, 0.15) is 31.2 Å². The van der Waals surface area contributed by atoms with Crippen molar-refractivity contribution in [2.45, 2.75) is 42.9 Å². The summed E-state index contributed by atoms with van der Waals surface area (Å²) >= 11 is 1.44. The van der Waals surface area contributed by atoms with Gasteiger partial charge in [0.25, 0.3) is 0 Å². The van der Waals surface area contributed by atoms with Crippen molar-refractivity contribution in [2.75, 3.05) is 11.6 Å². The lowest BCUT2D eigenvalue weighted by molar-refractivity contribution is 0.126. The molecule has 0 aliphatic heterocycles. The van der Waals surface area contributed by atoms with E-state index in [9.17, 15) is 5.11 Å². The fourth-order valence-corrected chi connectivity index (χ4v) is 2.57. The topological polar surface area (TPSA) is 81.8 Å². The number of aliphatic hydroxyl groups excluding tert-OH is 1. The highest BCUT2D eigenvalue weighted by molar-refractivity contribution is 7.98. The monoisotopic (exact) mass is 264 g/mol. The maximum Gasteiger partial charge on any atom is 0.223 e. The van der Waals surface area contributed by atoms with Crippen molar-refractivity contribution in [1.82, 2.24) is 9.97 Å². The molecule has 2 rings (SSSR count). The van der Waals surface area contributed by atoms with Gasteiger partial charge < -0.3 is 10.4 Å². The van der Waals surface area contributed by atoms with E-state index in [0.717, 1.165) is 25.7 Å². The summed E-state index contributed by atoms with van der Waals surface area (Å²) in [5, 5.41) is 22.3. The zero-order valence-electron chi connectivity index (χ0n) is 10.3. The third kappa shape index (κ3) is 3.12. The minimum Gasteiger partial charge on any atom is -0.393 e. The Bertz CT molecular complexity index is 452. The second-order valence-corrected chi connectivity index (χ2v) is 5.17. The summed E-state index contributed by atoms with van der Waals surface area (Å²) in [4.78, 5) is 8.48. The van der Waals surface area contributed by atoms with Crippen LogP contribution >= 0.6 is 11.8 Å². The van der Waals surface area contributed by atoms with Crippen molar-refractivity contribution < 1.29 is 5.11 Å². The van der Waals surface area contributed by atoms with Crippen LogP contribution in [0.2, 0.25) is 0 Å². The minimum absolute atomic E-state index is 0.160. The summed E-state index contributed by atoms with van der Waals surface area (Å²) in [5.41, 5.74) is 0.507. The van der Waals surface area contributed by atoms with Gasteiger partial charge in [-0.1, -0.05) is 0 Å². The van der Waals surface area contributed by atoms with E-state index in [1.807, 2.05) is 6.26 Å². The van der Waals surface area contributed by atoms with Gasteiger partial charge >= 0.3 is 0 Å². The van der Waals surface area contributed by atoms with E-state index in [-0.39, 0.29) is 6.10 Å². The predicted octanol–water partition coefficient (Wildman–Crippen LogP) is 1.79. The molecule has 1 aliphatic carbocycles. The Kier molecular flexibility index (Phi) is 4.39. The van der Waals surface area contributed by atoms with Crippen molar-refractivity contribution in [2.24, 2.45) is 0 Å². The second-order valence-electron chi connectivity index (χ2n) is 4.38. The van der Waals surface area contributed by atoms with Gasteiger partial charge in [0.1, 0.15) is 16.7 Å². The molecular weight excluding hydrogens is 248 g/mol. The van der Waals surface area contributed by atoms with E-state index in [1.165, 1.54) is 11.8 Å². The number of rotatable bonds is 3. The van der Waals surface area contributed by atoms with Gasteiger partial charge in [-0.2, -0.15) is 5.26 Å². The van der Waals surface area contributed by atoms with Gasteiger partial charge in [-0.15, -0.1) is 11.8 Å². The Labute approximate surface area is 111 Å². The molecule has 1 aromatic heterocycles. The molecule has 0 bridgehead atoms. The molecule has 0 spiro atoms. The predicted molar refractivity (Wildman–Crippen MR) is 70.4 cm³/mol. The molecule has 18 heavy (non-hydrogen) atoms. The maximum atomic E-state index is 9.45. The van der Waals surface area contributed by atoms with Gasteiger partial charge in [-0.25, -0.2) is 9.97 Å². The van der Waals surface area contributed by atoms with E-state index in [0.29, 0.717) is 22.6 Å². The van der Waals surface area contributed by atoms with Gasteiger partial charge in [0.15, 0.2) is 0 Å². The Morgan fingerprint density at radius 3 is 2.78 bits per heavy atom. The van der Waals surface area contributed by atoms with Crippen LogP contribution in [0.4, 0.5) is 5.95 Å². The molecular formula is C12H16N4OS. The molecule has 5 nitrogen and oxygen atoms in total. The fourth-order valence-electron chi connectivity index (χ4n) is 2.07. The molecule has 1 aromatic rings. The van der Waals surface area contributed by atoms with Crippen LogP contribution in [0.5, 0.6) is 0 Å². The Morgan fingerprint density at radius 1 is 1.44 bits per heavy atom. The van der Waals surface area contributed by atoms with Crippen molar-refractivity contribution in [3.63, 3.8) is 0 Å². The SMILES string of the molecule is CSc1nc(NC2CCC(O)CC2)ncc1C#N. The van der Waals surface area contributed by atoms with Crippen LogP contribution in [0.25, 0.3) is 0 Å². The largest absolute Gasteiger partial charge is 0.393 e. The van der Waals surface area contributed by atoms with Crippen LogP contribution in [-0.4, -0.2) is 33.5 Å². The van der Waals surface area contributed by atoms with Crippen LogP contribution in [0, 0.1) is 11.3 Å². The number of thioether (sulfide) groups is 1. The summed E-state index contributed by atoms with van der Waals surface area (Å²) in [6, 6.07) is 2.39. The zero-order valence-corrected chi connectivity index (χ0v) is 11.1. The van der Waals surface area contributed by atoms with Gasteiger partial charge in [-0.3, -0.25) is 0 Å². The first-order valence-corrected chi connectivity index (χ1v) is 7.21. The molecule has 0 atom stereocenters. The summed E-state index contributed by atoms with van der Waals surface area (Å²) < 4.78 is 0. The molecule has 96 valence electrons. The summed E-state index contributed by atoms with van der Waals surface area (Å²) in [6.45, 7) is 0. The number of aromatic nitrogens is 2. The maximum absolute atomic E-state index is 9.45. The molecule has 0 saturated heterocycles. The molecule has 0 aromatic carbocycles. The molecule has 2 N–H and O–H groups in total. The molecule has 6 heteroatoms. The molecule has 1 saturated carbocycles. The van der Waals surface area contributed by atoms with E-state index in [1.54, 1.807) is 6.20 Å².